The predicted molar refractivity (Wildman–Crippen MR) is 79.4 cm³/mol. The Kier molecular flexibility index (Phi) is 4.87. The maximum absolute atomic E-state index is 12.8. The van der Waals surface area contributed by atoms with Gasteiger partial charge in [-0.2, -0.15) is 4.98 Å². The second-order valence-corrected chi connectivity index (χ2v) is 4.67. The van der Waals surface area contributed by atoms with Gasteiger partial charge in [-0.15, -0.1) is 0 Å². The number of rotatable bonds is 6. The van der Waals surface area contributed by atoms with Crippen molar-refractivity contribution in [3.8, 4) is 0 Å². The molecule has 5 heteroatoms. The van der Waals surface area contributed by atoms with E-state index in [-0.39, 0.29) is 11.9 Å². The van der Waals surface area contributed by atoms with Crippen molar-refractivity contribution in [3.05, 3.63) is 47.9 Å². The van der Waals surface area contributed by atoms with Crippen LogP contribution >= 0.6 is 0 Å². The predicted octanol–water partition coefficient (Wildman–Crippen LogP) is 3.09. The van der Waals surface area contributed by atoms with E-state index in [1.807, 2.05) is 13.0 Å². The molecular formula is C15H19FN4. The van der Waals surface area contributed by atoms with Crippen molar-refractivity contribution in [1.82, 2.24) is 9.97 Å². The highest BCUT2D eigenvalue weighted by atomic mass is 19.1. The maximum atomic E-state index is 12.8. The van der Waals surface area contributed by atoms with Crippen molar-refractivity contribution < 1.29 is 4.39 Å². The van der Waals surface area contributed by atoms with Gasteiger partial charge in [0.15, 0.2) is 0 Å². The van der Waals surface area contributed by atoms with Crippen molar-refractivity contribution in [2.45, 2.75) is 26.3 Å². The second-order valence-electron chi connectivity index (χ2n) is 4.67. The number of nitrogens with zero attached hydrogens (tertiary/aromatic N) is 2. The summed E-state index contributed by atoms with van der Waals surface area (Å²) in [5.41, 5.74) is 1.09. The Balaban J connectivity index is 1.95. The molecule has 1 atom stereocenters. The van der Waals surface area contributed by atoms with Gasteiger partial charge in [-0.1, -0.05) is 12.1 Å². The van der Waals surface area contributed by atoms with Gasteiger partial charge in [-0.25, -0.2) is 9.37 Å². The fraction of sp³-hybridized carbons (Fsp3) is 0.333. The molecule has 106 valence electrons. The lowest BCUT2D eigenvalue weighted by Crippen LogP contribution is -2.19. The van der Waals surface area contributed by atoms with Gasteiger partial charge < -0.3 is 10.6 Å². The van der Waals surface area contributed by atoms with E-state index in [1.54, 1.807) is 18.3 Å². The smallest absolute Gasteiger partial charge is 0.224 e. The molecule has 1 aromatic heterocycles. The Hall–Kier alpha value is -2.17. The summed E-state index contributed by atoms with van der Waals surface area (Å²) in [6.07, 6.45) is 2.53. The zero-order valence-electron chi connectivity index (χ0n) is 11.7. The van der Waals surface area contributed by atoms with Crippen LogP contribution in [0.25, 0.3) is 0 Å². The summed E-state index contributed by atoms with van der Waals surface area (Å²) in [5.74, 6) is 1.19. The minimum absolute atomic E-state index is 0.199. The average molecular weight is 274 g/mol. The first kappa shape index (κ1) is 14.2. The van der Waals surface area contributed by atoms with Crippen LogP contribution in [-0.4, -0.2) is 22.6 Å². The van der Waals surface area contributed by atoms with Gasteiger partial charge in [0.2, 0.25) is 5.95 Å². The average Bonchev–Trinajstić information content (AvgIpc) is 2.42. The highest BCUT2D eigenvalue weighted by Crippen LogP contribution is 2.11. The molecule has 0 spiro atoms. The van der Waals surface area contributed by atoms with E-state index >= 15 is 0 Å². The van der Waals surface area contributed by atoms with E-state index in [1.165, 1.54) is 12.1 Å². The van der Waals surface area contributed by atoms with Crippen molar-refractivity contribution >= 4 is 11.8 Å². The van der Waals surface area contributed by atoms with E-state index in [0.717, 1.165) is 24.3 Å². The summed E-state index contributed by atoms with van der Waals surface area (Å²) < 4.78 is 12.8. The normalized spacial score (nSPS) is 11.9. The van der Waals surface area contributed by atoms with Crippen LogP contribution in [0.15, 0.2) is 36.5 Å². The Bertz CT molecular complexity index is 542. The lowest BCUT2D eigenvalue weighted by molar-refractivity contribution is 0.626. The van der Waals surface area contributed by atoms with Crippen LogP contribution in [-0.2, 0) is 6.42 Å². The van der Waals surface area contributed by atoms with Gasteiger partial charge in [0.1, 0.15) is 11.6 Å². The standard InChI is InChI=1S/C15H19FN4/c1-3-17-15-18-9-8-14(20-15)19-11(2)10-12-4-6-13(16)7-5-12/h4-9,11H,3,10H2,1-2H3,(H2,17,18,19,20). The SMILES string of the molecule is CCNc1nccc(NC(C)Cc2ccc(F)cc2)n1. The van der Waals surface area contributed by atoms with Crippen LogP contribution in [0.5, 0.6) is 0 Å². The molecular weight excluding hydrogens is 255 g/mol. The lowest BCUT2D eigenvalue weighted by atomic mass is 10.1. The molecule has 0 saturated heterocycles. The van der Waals surface area contributed by atoms with Crippen LogP contribution in [0, 0.1) is 5.82 Å². The number of hydrogen-bond donors (Lipinski definition) is 2. The largest absolute Gasteiger partial charge is 0.367 e. The minimum Gasteiger partial charge on any atom is -0.367 e. The molecule has 4 nitrogen and oxygen atoms in total. The molecule has 0 fully saturated rings. The molecule has 2 rings (SSSR count). The number of nitrogens with one attached hydrogen (secondary N) is 2. The van der Waals surface area contributed by atoms with E-state index in [0.29, 0.717) is 5.95 Å². The quantitative estimate of drug-likeness (QED) is 0.850. The van der Waals surface area contributed by atoms with Crippen LogP contribution in [0.1, 0.15) is 19.4 Å². The Morgan fingerprint density at radius 3 is 2.65 bits per heavy atom. The summed E-state index contributed by atoms with van der Waals surface area (Å²) in [5, 5.41) is 6.39. The molecule has 2 aromatic rings. The summed E-state index contributed by atoms with van der Waals surface area (Å²) in [6, 6.07) is 8.60. The third-order valence-corrected chi connectivity index (χ3v) is 2.84. The van der Waals surface area contributed by atoms with Gasteiger partial charge in [0, 0.05) is 18.8 Å². The molecule has 20 heavy (non-hydrogen) atoms. The van der Waals surface area contributed by atoms with Crippen molar-refractivity contribution in [1.29, 1.82) is 0 Å². The molecule has 0 radical (unpaired) electrons. The lowest BCUT2D eigenvalue weighted by Gasteiger charge is -2.15. The van der Waals surface area contributed by atoms with Crippen LogP contribution in [0.2, 0.25) is 0 Å². The van der Waals surface area contributed by atoms with Crippen LogP contribution in [0.3, 0.4) is 0 Å². The first-order chi connectivity index (χ1) is 9.67. The van der Waals surface area contributed by atoms with E-state index in [2.05, 4.69) is 27.5 Å². The fourth-order valence-electron chi connectivity index (χ4n) is 1.96. The van der Waals surface area contributed by atoms with Crippen LogP contribution < -0.4 is 10.6 Å². The van der Waals surface area contributed by atoms with E-state index in [4.69, 9.17) is 0 Å². The van der Waals surface area contributed by atoms with Gasteiger partial charge in [-0.05, 0) is 44.0 Å². The van der Waals surface area contributed by atoms with E-state index in [9.17, 15) is 4.39 Å². The van der Waals surface area contributed by atoms with Crippen LogP contribution in [0.4, 0.5) is 16.2 Å². The first-order valence-corrected chi connectivity index (χ1v) is 6.75. The summed E-state index contributed by atoms with van der Waals surface area (Å²) in [6.45, 7) is 4.85. The Morgan fingerprint density at radius 2 is 1.95 bits per heavy atom. The molecule has 0 saturated carbocycles. The Labute approximate surface area is 118 Å². The monoisotopic (exact) mass is 274 g/mol. The number of hydrogen-bond acceptors (Lipinski definition) is 4. The van der Waals surface area contributed by atoms with Gasteiger partial charge >= 0.3 is 0 Å². The molecule has 1 heterocycles. The zero-order valence-corrected chi connectivity index (χ0v) is 11.7. The maximum Gasteiger partial charge on any atom is 0.224 e. The zero-order chi connectivity index (χ0) is 14.4. The van der Waals surface area contributed by atoms with Crippen molar-refractivity contribution in [3.63, 3.8) is 0 Å². The number of aromatic nitrogens is 2. The molecule has 0 aliphatic heterocycles. The second kappa shape index (κ2) is 6.84. The fourth-order valence-corrected chi connectivity index (χ4v) is 1.96. The molecule has 1 unspecified atom stereocenters. The van der Waals surface area contributed by atoms with Gasteiger partial charge in [-0.3, -0.25) is 0 Å². The first-order valence-electron chi connectivity index (χ1n) is 6.75. The summed E-state index contributed by atoms with van der Waals surface area (Å²) >= 11 is 0. The molecule has 1 aromatic carbocycles. The van der Waals surface area contributed by atoms with Gasteiger partial charge in [0.25, 0.3) is 0 Å². The minimum atomic E-state index is -0.208. The molecule has 0 amide bonds. The number of benzene rings is 1. The summed E-state index contributed by atoms with van der Waals surface area (Å²) in [4.78, 5) is 8.49. The molecule has 0 aliphatic rings. The topological polar surface area (TPSA) is 49.8 Å². The highest BCUT2D eigenvalue weighted by Gasteiger charge is 2.05. The summed E-state index contributed by atoms with van der Waals surface area (Å²) in [7, 11) is 0. The van der Waals surface area contributed by atoms with E-state index < -0.39 is 0 Å². The van der Waals surface area contributed by atoms with Crippen molar-refractivity contribution in [2.75, 3.05) is 17.2 Å². The third-order valence-electron chi connectivity index (χ3n) is 2.84. The molecule has 0 bridgehead atoms. The van der Waals surface area contributed by atoms with Gasteiger partial charge in [0.05, 0.1) is 0 Å². The highest BCUT2D eigenvalue weighted by molar-refractivity contribution is 5.40. The number of halogens is 1. The Morgan fingerprint density at radius 1 is 1.20 bits per heavy atom. The third kappa shape index (κ3) is 4.19. The van der Waals surface area contributed by atoms with Crippen molar-refractivity contribution in [2.24, 2.45) is 0 Å². The molecule has 0 aliphatic carbocycles. The molecule has 2 N–H and O–H groups in total. The number of anilines is 2.